The van der Waals surface area contributed by atoms with Gasteiger partial charge in [-0.25, -0.2) is 14.0 Å². The topological polar surface area (TPSA) is 64.6 Å². The van der Waals surface area contributed by atoms with E-state index in [1.54, 1.807) is 6.92 Å². The van der Waals surface area contributed by atoms with E-state index in [0.717, 1.165) is 13.2 Å². The van der Waals surface area contributed by atoms with E-state index in [4.69, 9.17) is 4.74 Å². The van der Waals surface area contributed by atoms with Gasteiger partial charge in [-0.05, 0) is 47.5 Å². The van der Waals surface area contributed by atoms with Gasteiger partial charge in [-0.1, -0.05) is 6.07 Å². The van der Waals surface area contributed by atoms with E-state index in [-0.39, 0.29) is 21.3 Å². The van der Waals surface area contributed by atoms with Gasteiger partial charge in [-0.2, -0.15) is 13.2 Å². The van der Waals surface area contributed by atoms with E-state index in [1.807, 2.05) is 0 Å². The second-order valence-corrected chi connectivity index (χ2v) is 6.85. The first kappa shape index (κ1) is 21.9. The average Bonchev–Trinajstić information content (AvgIpc) is 2.60. The van der Waals surface area contributed by atoms with Gasteiger partial charge in [-0.15, -0.1) is 0 Å². The minimum atomic E-state index is -4.71. The van der Waals surface area contributed by atoms with E-state index in [9.17, 15) is 27.2 Å². The standard InChI is InChI=1S/C18H16BrF4NO4/c1-8-13(16(25)27-3)15(10-4-5-12(20)11(19)6-10)14(9(2)24-8)17(26)28-7-18(21,22)23/h4-6,15,24H,7H2,1-3H3. The normalized spacial score (nSPS) is 17.4. The number of esters is 2. The highest BCUT2D eigenvalue weighted by molar-refractivity contribution is 9.10. The number of halogens is 5. The highest BCUT2D eigenvalue weighted by Gasteiger charge is 2.39. The number of allylic oxidation sites excluding steroid dienone is 2. The summed E-state index contributed by atoms with van der Waals surface area (Å²) in [6, 6.07) is 3.78. The van der Waals surface area contributed by atoms with Crippen molar-refractivity contribution in [2.45, 2.75) is 25.9 Å². The molecule has 0 saturated heterocycles. The number of dihydropyridines is 1. The van der Waals surface area contributed by atoms with Crippen LogP contribution < -0.4 is 5.32 Å². The zero-order valence-electron chi connectivity index (χ0n) is 15.0. The van der Waals surface area contributed by atoms with Gasteiger partial charge in [0.15, 0.2) is 6.61 Å². The van der Waals surface area contributed by atoms with Gasteiger partial charge < -0.3 is 14.8 Å². The molecule has 152 valence electrons. The Kier molecular flexibility index (Phi) is 6.53. The number of methoxy groups -OCH3 is 1. The fourth-order valence-corrected chi connectivity index (χ4v) is 3.29. The second-order valence-electron chi connectivity index (χ2n) is 5.99. The quantitative estimate of drug-likeness (QED) is 0.535. The number of ether oxygens (including phenoxy) is 2. The van der Waals surface area contributed by atoms with Gasteiger partial charge in [0.25, 0.3) is 0 Å². The van der Waals surface area contributed by atoms with Crippen LogP contribution in [0.25, 0.3) is 0 Å². The Hall–Kier alpha value is -2.36. The van der Waals surface area contributed by atoms with Crippen molar-refractivity contribution in [3.8, 4) is 0 Å². The van der Waals surface area contributed by atoms with Crippen LogP contribution in [0.2, 0.25) is 0 Å². The smallest absolute Gasteiger partial charge is 0.422 e. The molecular formula is C18H16BrF4NO4. The van der Waals surface area contributed by atoms with Crippen LogP contribution in [0.5, 0.6) is 0 Å². The van der Waals surface area contributed by atoms with Crippen LogP contribution in [-0.4, -0.2) is 31.8 Å². The van der Waals surface area contributed by atoms with Crippen molar-refractivity contribution < 1.29 is 36.6 Å². The van der Waals surface area contributed by atoms with Gasteiger partial charge in [0.1, 0.15) is 5.82 Å². The Morgan fingerprint density at radius 2 is 1.71 bits per heavy atom. The number of rotatable bonds is 4. The lowest BCUT2D eigenvalue weighted by molar-refractivity contribution is -0.183. The Labute approximate surface area is 166 Å². The fraction of sp³-hybridized carbons (Fsp3) is 0.333. The monoisotopic (exact) mass is 465 g/mol. The van der Waals surface area contributed by atoms with Gasteiger partial charge in [0.2, 0.25) is 0 Å². The third-order valence-electron chi connectivity index (χ3n) is 4.03. The summed E-state index contributed by atoms with van der Waals surface area (Å²) >= 11 is 3.03. The van der Waals surface area contributed by atoms with E-state index in [1.165, 1.54) is 19.1 Å². The molecule has 5 nitrogen and oxygen atoms in total. The number of carbonyl (C=O) groups excluding carboxylic acids is 2. The largest absolute Gasteiger partial charge is 0.466 e. The molecule has 2 rings (SSSR count). The van der Waals surface area contributed by atoms with E-state index >= 15 is 0 Å². The van der Waals surface area contributed by atoms with Crippen LogP contribution in [0.1, 0.15) is 25.3 Å². The highest BCUT2D eigenvalue weighted by atomic mass is 79.9. The maximum Gasteiger partial charge on any atom is 0.422 e. The summed E-state index contributed by atoms with van der Waals surface area (Å²) in [5, 5.41) is 2.79. The minimum absolute atomic E-state index is 0.00515. The van der Waals surface area contributed by atoms with Gasteiger partial charge in [0.05, 0.1) is 28.6 Å². The molecule has 0 fully saturated rings. The van der Waals surface area contributed by atoms with Crippen molar-refractivity contribution in [1.82, 2.24) is 5.32 Å². The first-order chi connectivity index (χ1) is 13.0. The Morgan fingerprint density at radius 1 is 1.14 bits per heavy atom. The molecule has 1 aliphatic rings. The summed E-state index contributed by atoms with van der Waals surface area (Å²) in [7, 11) is 1.13. The van der Waals surface area contributed by atoms with Crippen molar-refractivity contribution in [3.63, 3.8) is 0 Å². The number of nitrogens with one attached hydrogen (secondary N) is 1. The predicted octanol–water partition coefficient (Wildman–Crippen LogP) is 4.10. The number of hydrogen-bond donors (Lipinski definition) is 1. The van der Waals surface area contributed by atoms with Gasteiger partial charge in [0, 0.05) is 11.4 Å². The molecule has 0 aliphatic carbocycles. The lowest BCUT2D eigenvalue weighted by atomic mass is 9.80. The molecule has 28 heavy (non-hydrogen) atoms. The van der Waals surface area contributed by atoms with Crippen molar-refractivity contribution >= 4 is 27.9 Å². The summed E-state index contributed by atoms with van der Waals surface area (Å²) in [6.45, 7) is 1.24. The van der Waals surface area contributed by atoms with Crippen LogP contribution in [0.15, 0.2) is 45.2 Å². The number of carbonyl (C=O) groups is 2. The van der Waals surface area contributed by atoms with Crippen molar-refractivity contribution in [2.24, 2.45) is 0 Å². The van der Waals surface area contributed by atoms with Crippen molar-refractivity contribution in [3.05, 3.63) is 56.6 Å². The molecule has 1 aromatic rings. The van der Waals surface area contributed by atoms with Crippen LogP contribution in [0.3, 0.4) is 0 Å². The SMILES string of the molecule is COC(=O)C1=C(C)NC(C)=C(C(=O)OCC(F)(F)F)C1c1ccc(F)c(Br)c1. The van der Waals surface area contributed by atoms with Crippen LogP contribution in [-0.2, 0) is 19.1 Å². The molecular weight excluding hydrogens is 450 g/mol. The second kappa shape index (κ2) is 8.34. The Balaban J connectivity index is 2.59. The molecule has 0 spiro atoms. The number of benzene rings is 1. The van der Waals surface area contributed by atoms with Gasteiger partial charge in [-0.3, -0.25) is 0 Å². The fourth-order valence-electron chi connectivity index (χ4n) is 2.90. The molecule has 1 N–H and O–H groups in total. The van der Waals surface area contributed by atoms with Crippen LogP contribution >= 0.6 is 15.9 Å². The minimum Gasteiger partial charge on any atom is -0.466 e. The summed E-state index contributed by atoms with van der Waals surface area (Å²) in [4.78, 5) is 24.8. The molecule has 1 atom stereocenters. The molecule has 0 aromatic heterocycles. The van der Waals surface area contributed by atoms with Gasteiger partial charge >= 0.3 is 18.1 Å². The van der Waals surface area contributed by atoms with Crippen molar-refractivity contribution in [2.75, 3.05) is 13.7 Å². The van der Waals surface area contributed by atoms with Crippen LogP contribution in [0.4, 0.5) is 17.6 Å². The molecule has 1 heterocycles. The summed E-state index contributed by atoms with van der Waals surface area (Å²) in [5.41, 5.74) is 0.664. The first-order valence-electron chi connectivity index (χ1n) is 7.92. The molecule has 0 bridgehead atoms. The average molecular weight is 466 g/mol. The molecule has 1 aliphatic heterocycles. The molecule has 0 radical (unpaired) electrons. The summed E-state index contributed by atoms with van der Waals surface area (Å²) < 4.78 is 60.3. The molecule has 10 heteroatoms. The highest BCUT2D eigenvalue weighted by Crippen LogP contribution is 2.40. The Morgan fingerprint density at radius 3 is 2.21 bits per heavy atom. The maximum absolute atomic E-state index is 13.7. The third kappa shape index (κ3) is 4.73. The maximum atomic E-state index is 13.7. The predicted molar refractivity (Wildman–Crippen MR) is 94.4 cm³/mol. The summed E-state index contributed by atoms with van der Waals surface area (Å²) in [6.07, 6.45) is -4.71. The molecule has 0 amide bonds. The zero-order valence-corrected chi connectivity index (χ0v) is 16.6. The lowest BCUT2D eigenvalue weighted by Gasteiger charge is -2.30. The number of alkyl halides is 3. The van der Waals surface area contributed by atoms with E-state index < -0.39 is 36.5 Å². The van der Waals surface area contributed by atoms with E-state index in [2.05, 4.69) is 26.0 Å². The first-order valence-corrected chi connectivity index (χ1v) is 8.71. The van der Waals surface area contributed by atoms with Crippen molar-refractivity contribution in [1.29, 1.82) is 0 Å². The molecule has 0 saturated carbocycles. The number of hydrogen-bond acceptors (Lipinski definition) is 5. The zero-order chi connectivity index (χ0) is 21.2. The molecule has 1 unspecified atom stereocenters. The summed E-state index contributed by atoms with van der Waals surface area (Å²) in [5.74, 6) is -3.73. The van der Waals surface area contributed by atoms with Crippen LogP contribution in [0, 0.1) is 5.82 Å². The third-order valence-corrected chi connectivity index (χ3v) is 4.64. The lowest BCUT2D eigenvalue weighted by Crippen LogP contribution is -2.33. The molecule has 1 aromatic carbocycles. The van der Waals surface area contributed by atoms with E-state index in [0.29, 0.717) is 11.3 Å². The Bertz CT molecular complexity index is 877.